The van der Waals surface area contributed by atoms with Crippen molar-refractivity contribution in [2.24, 2.45) is 0 Å². The molecule has 1 nitrogen and oxygen atoms in total. The maximum atomic E-state index is 11.0. The van der Waals surface area contributed by atoms with Crippen molar-refractivity contribution in [1.29, 1.82) is 0 Å². The maximum Gasteiger partial charge on any atom is 0.0899 e. The molecule has 116 valence electrons. The summed E-state index contributed by atoms with van der Waals surface area (Å²) in [7, 11) is 0. The highest BCUT2D eigenvalue weighted by Crippen LogP contribution is 2.37. The van der Waals surface area contributed by atoms with Gasteiger partial charge in [0.15, 0.2) is 0 Å². The van der Waals surface area contributed by atoms with Crippen molar-refractivity contribution >= 4 is 11.8 Å². The van der Waals surface area contributed by atoms with E-state index in [-0.39, 0.29) is 5.92 Å². The Balaban J connectivity index is 2.03. The quantitative estimate of drug-likeness (QED) is 0.646. The van der Waals surface area contributed by atoms with Gasteiger partial charge in [-0.25, -0.2) is 0 Å². The van der Waals surface area contributed by atoms with Crippen molar-refractivity contribution in [3.63, 3.8) is 0 Å². The normalized spacial score (nSPS) is 13.5. The molecule has 3 aromatic rings. The van der Waals surface area contributed by atoms with E-state index in [9.17, 15) is 5.11 Å². The molecule has 0 heterocycles. The molecule has 1 N–H and O–H groups in total. The average Bonchev–Trinajstić information content (AvgIpc) is 2.64. The molecule has 23 heavy (non-hydrogen) atoms. The van der Waals surface area contributed by atoms with E-state index in [4.69, 9.17) is 0 Å². The minimum atomic E-state index is -0.571. The molecule has 0 bridgehead atoms. The topological polar surface area (TPSA) is 20.2 Å². The van der Waals surface area contributed by atoms with Crippen LogP contribution >= 0.6 is 11.8 Å². The van der Waals surface area contributed by atoms with Crippen LogP contribution in [0.2, 0.25) is 0 Å². The molecule has 0 aromatic heterocycles. The third-order valence-electron chi connectivity index (χ3n) is 4.09. The summed E-state index contributed by atoms with van der Waals surface area (Å²) in [6, 6.07) is 28.6. The lowest BCUT2D eigenvalue weighted by molar-refractivity contribution is 0.159. The molecule has 0 saturated heterocycles. The van der Waals surface area contributed by atoms with Crippen LogP contribution in [0.3, 0.4) is 0 Å². The molecule has 0 aliphatic heterocycles. The summed E-state index contributed by atoms with van der Waals surface area (Å²) in [6.07, 6.45) is 1.50. The number of rotatable bonds is 5. The molecule has 0 saturated carbocycles. The maximum absolute atomic E-state index is 11.0. The first kappa shape index (κ1) is 15.9. The average molecular weight is 320 g/mol. The zero-order valence-electron chi connectivity index (χ0n) is 13.1. The summed E-state index contributed by atoms with van der Waals surface area (Å²) in [5, 5.41) is 11.0. The highest BCUT2D eigenvalue weighted by atomic mass is 32.2. The lowest BCUT2D eigenvalue weighted by Crippen LogP contribution is -2.12. The molecule has 3 aromatic carbocycles. The second-order valence-corrected chi connectivity index (χ2v) is 6.40. The third-order valence-corrected chi connectivity index (χ3v) is 4.83. The Kier molecular flexibility index (Phi) is 5.16. The fraction of sp³-hybridized carbons (Fsp3) is 0.143. The van der Waals surface area contributed by atoms with E-state index < -0.39 is 6.10 Å². The van der Waals surface area contributed by atoms with Crippen LogP contribution in [0, 0.1) is 0 Å². The van der Waals surface area contributed by atoms with Crippen LogP contribution in [-0.4, -0.2) is 11.4 Å². The van der Waals surface area contributed by atoms with Crippen LogP contribution < -0.4 is 0 Å². The van der Waals surface area contributed by atoms with Gasteiger partial charge in [-0.1, -0.05) is 72.8 Å². The Bertz CT molecular complexity index is 723. The number of aliphatic hydroxyl groups is 1. The Morgan fingerprint density at radius 1 is 0.652 bits per heavy atom. The molecule has 0 radical (unpaired) electrons. The summed E-state index contributed by atoms with van der Waals surface area (Å²) >= 11 is 1.73. The number of benzene rings is 3. The van der Waals surface area contributed by atoms with Crippen LogP contribution in [-0.2, 0) is 0 Å². The molecule has 0 aliphatic carbocycles. The largest absolute Gasteiger partial charge is 0.387 e. The third kappa shape index (κ3) is 3.66. The summed E-state index contributed by atoms with van der Waals surface area (Å²) < 4.78 is 0. The zero-order valence-corrected chi connectivity index (χ0v) is 13.9. The summed E-state index contributed by atoms with van der Waals surface area (Å²) in [6.45, 7) is 0. The smallest absolute Gasteiger partial charge is 0.0899 e. The summed E-state index contributed by atoms with van der Waals surface area (Å²) in [5.74, 6) is -0.0745. The lowest BCUT2D eigenvalue weighted by atomic mass is 9.84. The van der Waals surface area contributed by atoms with Crippen molar-refractivity contribution in [2.75, 3.05) is 6.26 Å². The van der Waals surface area contributed by atoms with Crippen LogP contribution in [0.25, 0.3) is 0 Å². The van der Waals surface area contributed by atoms with Gasteiger partial charge in [0, 0.05) is 10.8 Å². The number of hydrogen-bond acceptors (Lipinski definition) is 2. The molecule has 0 amide bonds. The van der Waals surface area contributed by atoms with Gasteiger partial charge < -0.3 is 5.11 Å². The van der Waals surface area contributed by atoms with Gasteiger partial charge in [0.2, 0.25) is 0 Å². The Morgan fingerprint density at radius 2 is 1.13 bits per heavy atom. The Hall–Kier alpha value is -2.03. The van der Waals surface area contributed by atoms with E-state index in [1.807, 2.05) is 48.5 Å². The first-order valence-electron chi connectivity index (χ1n) is 7.71. The van der Waals surface area contributed by atoms with Crippen molar-refractivity contribution in [3.8, 4) is 0 Å². The molecule has 0 aliphatic rings. The second-order valence-electron chi connectivity index (χ2n) is 5.52. The molecule has 0 spiro atoms. The number of aliphatic hydroxyl groups excluding tert-OH is 1. The van der Waals surface area contributed by atoms with E-state index in [0.29, 0.717) is 0 Å². The van der Waals surface area contributed by atoms with Crippen molar-refractivity contribution in [1.82, 2.24) is 0 Å². The predicted octanol–water partition coefficient (Wildman–Crippen LogP) is 5.27. The summed E-state index contributed by atoms with van der Waals surface area (Å²) in [5.41, 5.74) is 3.20. The fourth-order valence-electron chi connectivity index (χ4n) is 2.87. The van der Waals surface area contributed by atoms with Gasteiger partial charge in [-0.3, -0.25) is 0 Å². The highest BCUT2D eigenvalue weighted by molar-refractivity contribution is 7.98. The van der Waals surface area contributed by atoms with Crippen molar-refractivity contribution < 1.29 is 5.11 Å². The lowest BCUT2D eigenvalue weighted by Gasteiger charge is -2.24. The van der Waals surface area contributed by atoms with Gasteiger partial charge in [0.1, 0.15) is 0 Å². The molecule has 2 unspecified atom stereocenters. The van der Waals surface area contributed by atoms with E-state index >= 15 is 0 Å². The van der Waals surface area contributed by atoms with Gasteiger partial charge in [0.05, 0.1) is 6.10 Å². The molecule has 3 rings (SSSR count). The standard InChI is InChI=1S/C21H20OS/c1-23-19-14-12-17(13-15-19)20(16-8-4-2-5-9-16)21(22)18-10-6-3-7-11-18/h2-15,20-22H,1H3. The van der Waals surface area contributed by atoms with Gasteiger partial charge in [-0.15, -0.1) is 11.8 Å². The van der Waals surface area contributed by atoms with Crippen LogP contribution in [0.1, 0.15) is 28.7 Å². The monoisotopic (exact) mass is 320 g/mol. The highest BCUT2D eigenvalue weighted by Gasteiger charge is 2.24. The van der Waals surface area contributed by atoms with E-state index in [0.717, 1.165) is 16.7 Å². The van der Waals surface area contributed by atoms with E-state index in [1.54, 1.807) is 11.8 Å². The predicted molar refractivity (Wildman–Crippen MR) is 97.9 cm³/mol. The van der Waals surface area contributed by atoms with Crippen LogP contribution in [0.15, 0.2) is 89.8 Å². The minimum Gasteiger partial charge on any atom is -0.387 e. The summed E-state index contributed by atoms with van der Waals surface area (Å²) in [4.78, 5) is 1.23. The Morgan fingerprint density at radius 3 is 1.65 bits per heavy atom. The van der Waals surface area contributed by atoms with Crippen molar-refractivity contribution in [3.05, 3.63) is 102 Å². The SMILES string of the molecule is CSc1ccc(C(c2ccccc2)C(O)c2ccccc2)cc1. The molecule has 2 atom stereocenters. The van der Waals surface area contributed by atoms with E-state index in [2.05, 4.69) is 42.7 Å². The van der Waals surface area contributed by atoms with Crippen LogP contribution in [0.4, 0.5) is 0 Å². The molecular weight excluding hydrogens is 300 g/mol. The zero-order chi connectivity index (χ0) is 16.1. The van der Waals surface area contributed by atoms with Crippen molar-refractivity contribution in [2.45, 2.75) is 16.9 Å². The van der Waals surface area contributed by atoms with E-state index in [1.165, 1.54) is 4.90 Å². The van der Waals surface area contributed by atoms with Crippen LogP contribution in [0.5, 0.6) is 0 Å². The van der Waals surface area contributed by atoms with Gasteiger partial charge >= 0.3 is 0 Å². The van der Waals surface area contributed by atoms with Gasteiger partial charge in [-0.05, 0) is 35.1 Å². The van der Waals surface area contributed by atoms with Gasteiger partial charge in [-0.2, -0.15) is 0 Å². The number of hydrogen-bond donors (Lipinski definition) is 1. The number of thioether (sulfide) groups is 1. The first-order valence-corrected chi connectivity index (χ1v) is 8.94. The molecule has 2 heteroatoms. The second kappa shape index (κ2) is 7.49. The fourth-order valence-corrected chi connectivity index (χ4v) is 3.28. The molecular formula is C21H20OS. The molecule has 0 fully saturated rings. The Labute approximate surface area is 142 Å². The first-order chi connectivity index (χ1) is 11.3. The van der Waals surface area contributed by atoms with Gasteiger partial charge in [0.25, 0.3) is 0 Å². The minimum absolute atomic E-state index is 0.0745.